The Morgan fingerprint density at radius 1 is 1.08 bits per heavy atom. The summed E-state index contributed by atoms with van der Waals surface area (Å²) in [4.78, 5) is 27.9. The van der Waals surface area contributed by atoms with Gasteiger partial charge >= 0.3 is 0 Å². The molecular weight excluding hydrogens is 506 g/mol. The molecule has 0 aliphatic carbocycles. The molecule has 36 heavy (non-hydrogen) atoms. The van der Waals surface area contributed by atoms with Gasteiger partial charge in [-0.1, -0.05) is 30.7 Å². The Morgan fingerprint density at radius 2 is 1.78 bits per heavy atom. The molecular formula is C25H34ClN3O6S. The normalized spacial score (nSPS) is 12.9. The van der Waals surface area contributed by atoms with Crippen molar-refractivity contribution in [3.05, 3.63) is 53.1 Å². The predicted octanol–water partition coefficient (Wildman–Crippen LogP) is 3.46. The Kier molecular flexibility index (Phi) is 10.4. The number of rotatable bonds is 12. The molecule has 0 unspecified atom stereocenters. The quantitative estimate of drug-likeness (QED) is 0.443. The average Bonchev–Trinajstić information content (AvgIpc) is 2.84. The van der Waals surface area contributed by atoms with E-state index in [0.29, 0.717) is 11.5 Å². The van der Waals surface area contributed by atoms with E-state index < -0.39 is 28.5 Å². The first-order valence-electron chi connectivity index (χ1n) is 11.4. The smallest absolute Gasteiger partial charge is 0.244 e. The summed E-state index contributed by atoms with van der Waals surface area (Å²) in [6.07, 6.45) is 1.73. The summed E-state index contributed by atoms with van der Waals surface area (Å²) in [5.74, 6) is 0.0819. The molecule has 0 heterocycles. The van der Waals surface area contributed by atoms with Gasteiger partial charge in [-0.05, 0) is 56.2 Å². The third-order valence-electron chi connectivity index (χ3n) is 5.76. The molecule has 0 saturated carbocycles. The molecule has 0 aliphatic rings. The van der Waals surface area contributed by atoms with Crippen molar-refractivity contribution >= 4 is 39.1 Å². The van der Waals surface area contributed by atoms with Crippen LogP contribution in [0.3, 0.4) is 0 Å². The number of ether oxygens (including phenoxy) is 2. The van der Waals surface area contributed by atoms with Crippen LogP contribution >= 0.6 is 11.6 Å². The van der Waals surface area contributed by atoms with Gasteiger partial charge < -0.3 is 19.7 Å². The summed E-state index contributed by atoms with van der Waals surface area (Å²) in [7, 11) is -0.888. The molecule has 0 radical (unpaired) electrons. The van der Waals surface area contributed by atoms with Crippen LogP contribution in [0.1, 0.15) is 32.8 Å². The lowest BCUT2D eigenvalue weighted by atomic mass is 10.1. The maximum atomic E-state index is 13.6. The van der Waals surface area contributed by atoms with Crippen LogP contribution in [0, 0.1) is 0 Å². The van der Waals surface area contributed by atoms with Gasteiger partial charge in [-0.2, -0.15) is 0 Å². The summed E-state index contributed by atoms with van der Waals surface area (Å²) in [5.41, 5.74) is 0.930. The minimum absolute atomic E-state index is 0.0755. The Morgan fingerprint density at radius 3 is 2.33 bits per heavy atom. The summed E-state index contributed by atoms with van der Waals surface area (Å²) in [6.45, 7) is 4.99. The van der Waals surface area contributed by atoms with Crippen LogP contribution in [-0.4, -0.2) is 64.2 Å². The fourth-order valence-electron chi connectivity index (χ4n) is 3.44. The van der Waals surface area contributed by atoms with Crippen molar-refractivity contribution in [1.82, 2.24) is 10.2 Å². The molecule has 198 valence electrons. The minimum atomic E-state index is -3.87. The van der Waals surface area contributed by atoms with E-state index in [-0.39, 0.29) is 29.2 Å². The first-order valence-corrected chi connectivity index (χ1v) is 13.7. The molecule has 11 heteroatoms. The number of anilines is 1. The van der Waals surface area contributed by atoms with Gasteiger partial charge in [0, 0.05) is 12.6 Å². The van der Waals surface area contributed by atoms with E-state index in [1.807, 2.05) is 13.8 Å². The first kappa shape index (κ1) is 29.3. The molecule has 0 aromatic heterocycles. The monoisotopic (exact) mass is 539 g/mol. The fourth-order valence-corrected chi connectivity index (χ4v) is 4.53. The van der Waals surface area contributed by atoms with Crippen molar-refractivity contribution < 1.29 is 27.5 Å². The molecule has 2 amide bonds. The van der Waals surface area contributed by atoms with Crippen molar-refractivity contribution in [1.29, 1.82) is 0 Å². The van der Waals surface area contributed by atoms with Crippen LogP contribution in [0.25, 0.3) is 0 Å². The van der Waals surface area contributed by atoms with Crippen molar-refractivity contribution in [2.45, 2.75) is 45.8 Å². The van der Waals surface area contributed by atoms with Crippen LogP contribution in [0.5, 0.6) is 11.5 Å². The predicted molar refractivity (Wildman–Crippen MR) is 141 cm³/mol. The van der Waals surface area contributed by atoms with Gasteiger partial charge in [-0.3, -0.25) is 13.9 Å². The second-order valence-electron chi connectivity index (χ2n) is 8.46. The van der Waals surface area contributed by atoms with Crippen LogP contribution in [-0.2, 0) is 26.2 Å². The summed E-state index contributed by atoms with van der Waals surface area (Å²) < 4.78 is 36.7. The van der Waals surface area contributed by atoms with E-state index in [2.05, 4.69) is 5.32 Å². The van der Waals surface area contributed by atoms with Gasteiger partial charge in [-0.25, -0.2) is 8.42 Å². The van der Waals surface area contributed by atoms with Crippen molar-refractivity contribution in [2.75, 3.05) is 31.3 Å². The fraction of sp³-hybridized carbons (Fsp3) is 0.440. The lowest BCUT2D eigenvalue weighted by Crippen LogP contribution is -2.52. The Hall–Kier alpha value is -2.98. The lowest BCUT2D eigenvalue weighted by molar-refractivity contribution is -0.139. The van der Waals surface area contributed by atoms with E-state index in [4.69, 9.17) is 21.1 Å². The average molecular weight is 540 g/mol. The van der Waals surface area contributed by atoms with Gasteiger partial charge in [0.05, 0.1) is 31.2 Å². The van der Waals surface area contributed by atoms with Gasteiger partial charge in [-0.15, -0.1) is 0 Å². The standard InChI is InChI=1S/C25H34ClN3O6S/c1-7-17(2)27-25(31)18(3)28(15-19-9-8-10-21(13-19)34-4)24(30)16-29(36(6,32)33)20-11-12-23(35-5)22(26)14-20/h8-14,17-18H,7,15-16H2,1-6H3,(H,27,31)/t17-,18+/m0/s1. The third-order valence-corrected chi connectivity index (χ3v) is 7.19. The number of sulfonamides is 1. The largest absolute Gasteiger partial charge is 0.497 e. The molecule has 0 spiro atoms. The summed E-state index contributed by atoms with van der Waals surface area (Å²) in [6, 6.07) is 10.6. The van der Waals surface area contributed by atoms with Gasteiger partial charge in [0.2, 0.25) is 21.8 Å². The number of nitrogens with zero attached hydrogens (tertiary/aromatic N) is 2. The van der Waals surface area contributed by atoms with E-state index >= 15 is 0 Å². The van der Waals surface area contributed by atoms with Crippen molar-refractivity contribution in [3.63, 3.8) is 0 Å². The van der Waals surface area contributed by atoms with E-state index in [1.165, 1.54) is 37.3 Å². The third kappa shape index (κ3) is 7.76. The number of carbonyl (C=O) groups excluding carboxylic acids is 2. The molecule has 2 aromatic carbocycles. The number of carbonyl (C=O) groups is 2. The number of benzene rings is 2. The molecule has 0 bridgehead atoms. The van der Waals surface area contributed by atoms with E-state index in [0.717, 1.165) is 22.5 Å². The number of hydrogen-bond donors (Lipinski definition) is 1. The van der Waals surface area contributed by atoms with E-state index in [1.54, 1.807) is 31.2 Å². The SMILES string of the molecule is CC[C@H](C)NC(=O)[C@@H](C)N(Cc1cccc(OC)c1)C(=O)CN(c1ccc(OC)c(Cl)c1)S(C)(=O)=O. The molecule has 0 saturated heterocycles. The Balaban J connectivity index is 2.43. The molecule has 2 aromatic rings. The van der Waals surface area contributed by atoms with Crippen LogP contribution in [0.15, 0.2) is 42.5 Å². The van der Waals surface area contributed by atoms with Crippen molar-refractivity contribution in [3.8, 4) is 11.5 Å². The molecule has 0 fully saturated rings. The van der Waals surface area contributed by atoms with Crippen molar-refractivity contribution in [2.24, 2.45) is 0 Å². The minimum Gasteiger partial charge on any atom is -0.497 e. The Labute approximate surface area is 218 Å². The highest BCUT2D eigenvalue weighted by Crippen LogP contribution is 2.30. The topological polar surface area (TPSA) is 105 Å². The maximum Gasteiger partial charge on any atom is 0.244 e. The number of methoxy groups -OCH3 is 2. The van der Waals surface area contributed by atoms with Gasteiger partial charge in [0.1, 0.15) is 24.1 Å². The summed E-state index contributed by atoms with van der Waals surface area (Å²) >= 11 is 6.21. The Bertz CT molecular complexity index is 1170. The zero-order chi connectivity index (χ0) is 27.0. The number of hydrogen-bond acceptors (Lipinski definition) is 6. The number of amides is 2. The van der Waals surface area contributed by atoms with Crippen LogP contribution in [0.4, 0.5) is 5.69 Å². The molecule has 9 nitrogen and oxygen atoms in total. The van der Waals surface area contributed by atoms with Crippen LogP contribution in [0.2, 0.25) is 5.02 Å². The highest BCUT2D eigenvalue weighted by molar-refractivity contribution is 7.92. The highest BCUT2D eigenvalue weighted by Gasteiger charge is 2.30. The molecule has 2 atom stereocenters. The zero-order valence-corrected chi connectivity index (χ0v) is 23.0. The number of halogens is 1. The second kappa shape index (κ2) is 12.8. The number of nitrogens with one attached hydrogen (secondary N) is 1. The van der Waals surface area contributed by atoms with Gasteiger partial charge in [0.15, 0.2) is 0 Å². The molecule has 0 aliphatic heterocycles. The highest BCUT2D eigenvalue weighted by atomic mass is 35.5. The zero-order valence-electron chi connectivity index (χ0n) is 21.4. The van der Waals surface area contributed by atoms with E-state index in [9.17, 15) is 18.0 Å². The summed E-state index contributed by atoms with van der Waals surface area (Å²) in [5, 5.41) is 3.09. The second-order valence-corrected chi connectivity index (χ2v) is 10.8. The maximum absolute atomic E-state index is 13.6. The lowest BCUT2D eigenvalue weighted by Gasteiger charge is -2.32. The molecule has 1 N–H and O–H groups in total. The first-order chi connectivity index (χ1) is 16.9. The van der Waals surface area contributed by atoms with Gasteiger partial charge in [0.25, 0.3) is 0 Å². The molecule has 2 rings (SSSR count). The van der Waals surface area contributed by atoms with Crippen LogP contribution < -0.4 is 19.1 Å².